The zero-order chi connectivity index (χ0) is 25.8. The van der Waals surface area contributed by atoms with Crippen molar-refractivity contribution in [2.24, 2.45) is 5.10 Å². The largest absolute Gasteiger partial charge is 0.497 e. The fourth-order valence-electron chi connectivity index (χ4n) is 4.29. The summed E-state index contributed by atoms with van der Waals surface area (Å²) in [7, 11) is 1.63. The number of rotatable bonds is 8. The fraction of sp³-hybridized carbons (Fsp3) is 0.133. The first-order chi connectivity index (χ1) is 18.0. The number of hydrogen-bond donors (Lipinski definition) is 0. The molecule has 1 aliphatic heterocycles. The lowest BCUT2D eigenvalue weighted by molar-refractivity contribution is -0.111. The smallest absolute Gasteiger partial charge is 0.198 e. The summed E-state index contributed by atoms with van der Waals surface area (Å²) in [5.74, 6) is 1.62. The molecule has 0 aromatic heterocycles. The minimum absolute atomic E-state index is 0.140. The molecule has 37 heavy (non-hydrogen) atoms. The van der Waals surface area contributed by atoms with Crippen LogP contribution in [0, 0.1) is 0 Å². The van der Waals surface area contributed by atoms with Crippen LogP contribution in [0.3, 0.4) is 0 Å². The van der Waals surface area contributed by atoms with Crippen molar-refractivity contribution >= 4 is 34.6 Å². The number of carbonyl (C=O) groups excluding carboxylic acids is 1. The van der Waals surface area contributed by atoms with E-state index < -0.39 is 6.17 Å². The fourth-order valence-corrected chi connectivity index (χ4v) is 4.42. The number of halogens is 1. The van der Waals surface area contributed by atoms with E-state index in [1.54, 1.807) is 7.11 Å². The molecule has 0 saturated heterocycles. The summed E-state index contributed by atoms with van der Waals surface area (Å²) in [6, 6.07) is 32.8. The molecular formula is C30H26ClN3O3. The van der Waals surface area contributed by atoms with Crippen LogP contribution in [-0.2, 0) is 11.4 Å². The van der Waals surface area contributed by atoms with Gasteiger partial charge in [0.2, 0.25) is 0 Å². The molecule has 4 aromatic carbocycles. The Hall–Kier alpha value is -4.29. The van der Waals surface area contributed by atoms with Gasteiger partial charge in [-0.3, -0.25) is 9.69 Å². The molecule has 0 radical (unpaired) electrons. The van der Waals surface area contributed by atoms with Gasteiger partial charge in [-0.2, -0.15) is 0 Å². The first-order valence-corrected chi connectivity index (χ1v) is 12.3. The molecule has 0 amide bonds. The molecule has 0 N–H and O–H groups in total. The number of anilines is 2. The van der Waals surface area contributed by atoms with Crippen molar-refractivity contribution in [3.63, 3.8) is 0 Å². The molecule has 6 nitrogen and oxygen atoms in total. The third-order valence-corrected chi connectivity index (χ3v) is 6.35. The van der Waals surface area contributed by atoms with Crippen molar-refractivity contribution < 1.29 is 14.3 Å². The van der Waals surface area contributed by atoms with Gasteiger partial charge in [-0.05, 0) is 60.2 Å². The molecule has 0 fully saturated rings. The topological polar surface area (TPSA) is 54.4 Å². The molecule has 1 heterocycles. The van der Waals surface area contributed by atoms with Gasteiger partial charge in [0, 0.05) is 23.2 Å². The Morgan fingerprint density at radius 3 is 2.22 bits per heavy atom. The molecular weight excluding hydrogens is 486 g/mol. The maximum absolute atomic E-state index is 12.9. The van der Waals surface area contributed by atoms with Gasteiger partial charge in [-0.15, -0.1) is 5.10 Å². The number of carbonyl (C=O) groups is 1. The van der Waals surface area contributed by atoms with E-state index in [9.17, 15) is 4.79 Å². The number of ether oxygens (including phenoxy) is 2. The van der Waals surface area contributed by atoms with Crippen LogP contribution in [0.25, 0.3) is 0 Å². The summed E-state index contributed by atoms with van der Waals surface area (Å²) in [6.45, 7) is 1.90. The van der Waals surface area contributed by atoms with Gasteiger partial charge >= 0.3 is 0 Å². The van der Waals surface area contributed by atoms with Crippen LogP contribution in [0.4, 0.5) is 11.4 Å². The number of methoxy groups -OCH3 is 1. The number of hydrogen-bond acceptors (Lipinski definition) is 6. The predicted octanol–water partition coefficient (Wildman–Crippen LogP) is 6.86. The monoisotopic (exact) mass is 511 g/mol. The minimum Gasteiger partial charge on any atom is -0.497 e. The van der Waals surface area contributed by atoms with Crippen LogP contribution in [0.15, 0.2) is 108 Å². The minimum atomic E-state index is -0.462. The molecule has 1 atom stereocenters. The average Bonchev–Trinajstić information content (AvgIpc) is 3.34. The summed E-state index contributed by atoms with van der Waals surface area (Å²) in [5, 5.41) is 7.35. The Bertz CT molecular complexity index is 1410. The van der Waals surface area contributed by atoms with E-state index in [-0.39, 0.29) is 5.78 Å². The second-order valence-corrected chi connectivity index (χ2v) is 8.99. The second kappa shape index (κ2) is 10.8. The van der Waals surface area contributed by atoms with E-state index in [4.69, 9.17) is 26.2 Å². The normalized spacial score (nSPS) is 14.9. The van der Waals surface area contributed by atoms with Gasteiger partial charge in [-0.25, -0.2) is 5.01 Å². The van der Waals surface area contributed by atoms with Crippen molar-refractivity contribution in [3.05, 3.63) is 119 Å². The van der Waals surface area contributed by atoms with Gasteiger partial charge in [0.25, 0.3) is 0 Å². The van der Waals surface area contributed by atoms with E-state index in [0.717, 1.165) is 28.3 Å². The number of para-hydroxylation sites is 2. The number of benzene rings is 4. The highest BCUT2D eigenvalue weighted by Crippen LogP contribution is 2.42. The van der Waals surface area contributed by atoms with Crippen molar-refractivity contribution in [1.29, 1.82) is 0 Å². The summed E-state index contributed by atoms with van der Waals surface area (Å²) in [6.07, 6.45) is -0.462. The standard InChI is InChI=1S/C30H26ClN3O3/c1-21(35)29-32-34(25-8-4-3-5-9-25)30(33(29)24-16-18-26(36-2)19-17-24)27-10-6-7-11-28(27)37-20-22-12-14-23(31)15-13-22/h3-19,30H,20H2,1-2H3/t30-/m1/s1. The van der Waals surface area contributed by atoms with Gasteiger partial charge < -0.3 is 9.47 Å². The average molecular weight is 512 g/mol. The summed E-state index contributed by atoms with van der Waals surface area (Å²) in [5.41, 5.74) is 3.54. The summed E-state index contributed by atoms with van der Waals surface area (Å²) in [4.78, 5) is 14.8. The molecule has 4 aromatic rings. The van der Waals surface area contributed by atoms with Crippen LogP contribution < -0.4 is 19.4 Å². The Morgan fingerprint density at radius 1 is 0.865 bits per heavy atom. The van der Waals surface area contributed by atoms with E-state index >= 15 is 0 Å². The highest BCUT2D eigenvalue weighted by atomic mass is 35.5. The lowest BCUT2D eigenvalue weighted by atomic mass is 10.1. The summed E-state index contributed by atoms with van der Waals surface area (Å²) >= 11 is 6.05. The highest BCUT2D eigenvalue weighted by Gasteiger charge is 2.40. The van der Waals surface area contributed by atoms with Crippen LogP contribution in [0.1, 0.15) is 24.2 Å². The SMILES string of the molecule is COc1ccc(N2C(C(C)=O)=NN(c3ccccc3)[C@@H]2c2ccccc2OCc2ccc(Cl)cc2)cc1. The number of hydrazone groups is 1. The van der Waals surface area contributed by atoms with Crippen LogP contribution >= 0.6 is 11.6 Å². The Labute approximate surface area is 221 Å². The lowest BCUT2D eigenvalue weighted by Gasteiger charge is -2.33. The molecule has 186 valence electrons. The first kappa shape index (κ1) is 24.4. The Kier molecular flexibility index (Phi) is 7.10. The Balaban J connectivity index is 1.60. The molecule has 0 unspecified atom stereocenters. The summed E-state index contributed by atoms with van der Waals surface area (Å²) < 4.78 is 11.7. The van der Waals surface area contributed by atoms with Crippen molar-refractivity contribution in [2.45, 2.75) is 19.7 Å². The number of amidine groups is 1. The van der Waals surface area contributed by atoms with Crippen LogP contribution in [0.2, 0.25) is 5.02 Å². The number of nitrogens with zero attached hydrogens (tertiary/aromatic N) is 3. The molecule has 0 saturated carbocycles. The van der Waals surface area contributed by atoms with Gasteiger partial charge in [0.05, 0.1) is 12.8 Å². The third kappa shape index (κ3) is 5.15. The molecule has 7 heteroatoms. The van der Waals surface area contributed by atoms with Crippen LogP contribution in [-0.4, -0.2) is 18.7 Å². The number of Topliss-reactive ketones (excluding diaryl/α,β-unsaturated/α-hetero) is 1. The molecule has 1 aliphatic rings. The number of ketones is 1. The quantitative estimate of drug-likeness (QED) is 0.259. The van der Waals surface area contributed by atoms with Gasteiger partial charge in [-0.1, -0.05) is 60.1 Å². The molecule has 0 bridgehead atoms. The Morgan fingerprint density at radius 2 is 1.54 bits per heavy atom. The lowest BCUT2D eigenvalue weighted by Crippen LogP contribution is -2.38. The predicted molar refractivity (Wildman–Crippen MR) is 147 cm³/mol. The second-order valence-electron chi connectivity index (χ2n) is 8.55. The molecule has 0 aliphatic carbocycles. The van der Waals surface area contributed by atoms with E-state index in [2.05, 4.69) is 0 Å². The van der Waals surface area contributed by atoms with Crippen LogP contribution in [0.5, 0.6) is 11.5 Å². The van der Waals surface area contributed by atoms with E-state index in [1.165, 1.54) is 6.92 Å². The zero-order valence-corrected chi connectivity index (χ0v) is 21.3. The van der Waals surface area contributed by atoms with E-state index in [1.807, 2.05) is 113 Å². The van der Waals surface area contributed by atoms with E-state index in [0.29, 0.717) is 23.2 Å². The van der Waals surface area contributed by atoms with Gasteiger partial charge in [0.1, 0.15) is 18.1 Å². The van der Waals surface area contributed by atoms with Crippen molar-refractivity contribution in [3.8, 4) is 11.5 Å². The van der Waals surface area contributed by atoms with Crippen molar-refractivity contribution in [2.75, 3.05) is 17.0 Å². The zero-order valence-electron chi connectivity index (χ0n) is 20.5. The first-order valence-electron chi connectivity index (χ1n) is 11.9. The van der Waals surface area contributed by atoms with Crippen molar-refractivity contribution in [1.82, 2.24) is 0 Å². The third-order valence-electron chi connectivity index (χ3n) is 6.10. The molecule has 0 spiro atoms. The highest BCUT2D eigenvalue weighted by molar-refractivity contribution is 6.44. The maximum Gasteiger partial charge on any atom is 0.198 e. The maximum atomic E-state index is 12.9. The van der Waals surface area contributed by atoms with Gasteiger partial charge in [0.15, 0.2) is 17.8 Å². The molecule has 5 rings (SSSR count).